The van der Waals surface area contributed by atoms with Crippen molar-refractivity contribution in [1.82, 2.24) is 5.32 Å². The molecular formula is C15H17NO2S. The minimum atomic E-state index is 0.167. The Hall–Kier alpha value is -1.52. The second kappa shape index (κ2) is 5.23. The van der Waals surface area contributed by atoms with Crippen LogP contribution in [0, 0.1) is 0 Å². The van der Waals surface area contributed by atoms with Gasteiger partial charge in [-0.2, -0.15) is 0 Å². The van der Waals surface area contributed by atoms with Crippen molar-refractivity contribution in [3.63, 3.8) is 0 Å². The molecule has 0 saturated carbocycles. The zero-order valence-corrected chi connectivity index (χ0v) is 11.9. The number of hydrogen-bond donors (Lipinski definition) is 1. The van der Waals surface area contributed by atoms with Crippen molar-refractivity contribution in [1.29, 1.82) is 0 Å². The Bertz CT molecular complexity index is 579. The maximum absolute atomic E-state index is 5.56. The van der Waals surface area contributed by atoms with E-state index in [9.17, 15) is 0 Å². The maximum Gasteiger partial charge on any atom is 0.134 e. The second-order valence-electron chi connectivity index (χ2n) is 4.54. The third-order valence-corrected chi connectivity index (χ3v) is 4.44. The Morgan fingerprint density at radius 3 is 3.05 bits per heavy atom. The summed E-state index contributed by atoms with van der Waals surface area (Å²) in [5.74, 6) is 1.97. The third-order valence-electron chi connectivity index (χ3n) is 3.47. The van der Waals surface area contributed by atoms with Crippen LogP contribution in [0.4, 0.5) is 0 Å². The highest BCUT2D eigenvalue weighted by atomic mass is 32.1. The predicted molar refractivity (Wildman–Crippen MR) is 77.4 cm³/mol. The smallest absolute Gasteiger partial charge is 0.134 e. The van der Waals surface area contributed by atoms with E-state index in [1.54, 1.807) is 18.4 Å². The van der Waals surface area contributed by atoms with E-state index in [0.717, 1.165) is 24.5 Å². The van der Waals surface area contributed by atoms with E-state index in [-0.39, 0.29) is 6.04 Å². The first-order valence-electron chi connectivity index (χ1n) is 6.37. The summed E-state index contributed by atoms with van der Waals surface area (Å²) >= 11 is 1.72. The lowest BCUT2D eigenvalue weighted by atomic mass is 10.0. The molecule has 19 heavy (non-hydrogen) atoms. The summed E-state index contributed by atoms with van der Waals surface area (Å²) in [6, 6.07) is 8.62. The largest absolute Gasteiger partial charge is 0.496 e. The molecule has 1 unspecified atom stereocenters. The third kappa shape index (κ3) is 2.22. The lowest BCUT2D eigenvalue weighted by molar-refractivity contribution is 0.357. The summed E-state index contributed by atoms with van der Waals surface area (Å²) in [4.78, 5) is 1.21. The first-order chi connectivity index (χ1) is 9.33. The predicted octanol–water partition coefficient (Wildman–Crippen LogP) is 3.00. The van der Waals surface area contributed by atoms with Crippen LogP contribution in [0.5, 0.6) is 11.5 Å². The molecule has 0 radical (unpaired) electrons. The summed E-state index contributed by atoms with van der Waals surface area (Å²) in [7, 11) is 3.70. The molecule has 0 bridgehead atoms. The molecule has 0 aliphatic carbocycles. The molecule has 1 aromatic carbocycles. The fourth-order valence-corrected chi connectivity index (χ4v) is 3.52. The molecular weight excluding hydrogens is 258 g/mol. The quantitative estimate of drug-likeness (QED) is 0.930. The van der Waals surface area contributed by atoms with Crippen LogP contribution in [-0.2, 0) is 6.42 Å². The number of ether oxygens (including phenoxy) is 2. The molecule has 3 rings (SSSR count). The number of thiophene rings is 1. The van der Waals surface area contributed by atoms with Gasteiger partial charge in [-0.25, -0.2) is 0 Å². The molecule has 1 aromatic heterocycles. The Morgan fingerprint density at radius 2 is 2.26 bits per heavy atom. The number of methoxy groups -OCH3 is 1. The van der Waals surface area contributed by atoms with Gasteiger partial charge in [-0.1, -0.05) is 12.1 Å². The van der Waals surface area contributed by atoms with E-state index in [0.29, 0.717) is 0 Å². The highest BCUT2D eigenvalue weighted by Gasteiger charge is 2.20. The normalized spacial score (nSPS) is 14.8. The summed E-state index contributed by atoms with van der Waals surface area (Å²) in [6.07, 6.45) is 1.00. The molecule has 1 aliphatic rings. The van der Waals surface area contributed by atoms with Gasteiger partial charge in [0.1, 0.15) is 11.5 Å². The van der Waals surface area contributed by atoms with E-state index in [1.165, 1.54) is 16.0 Å². The Balaban J connectivity index is 1.98. The topological polar surface area (TPSA) is 30.5 Å². The highest BCUT2D eigenvalue weighted by molar-refractivity contribution is 7.10. The van der Waals surface area contributed by atoms with Crippen molar-refractivity contribution < 1.29 is 9.47 Å². The van der Waals surface area contributed by atoms with Crippen LogP contribution >= 0.6 is 11.3 Å². The molecule has 0 spiro atoms. The molecule has 3 nitrogen and oxygen atoms in total. The van der Waals surface area contributed by atoms with Crippen molar-refractivity contribution in [3.8, 4) is 11.5 Å². The Labute approximate surface area is 117 Å². The number of hydrogen-bond acceptors (Lipinski definition) is 4. The van der Waals surface area contributed by atoms with Gasteiger partial charge in [0.25, 0.3) is 0 Å². The van der Waals surface area contributed by atoms with E-state index in [2.05, 4.69) is 28.9 Å². The highest BCUT2D eigenvalue weighted by Crippen LogP contribution is 2.36. The van der Waals surface area contributed by atoms with Crippen LogP contribution in [0.1, 0.15) is 22.0 Å². The van der Waals surface area contributed by atoms with Gasteiger partial charge in [0.05, 0.1) is 24.6 Å². The van der Waals surface area contributed by atoms with Gasteiger partial charge >= 0.3 is 0 Å². The van der Waals surface area contributed by atoms with Crippen molar-refractivity contribution in [2.24, 2.45) is 0 Å². The van der Waals surface area contributed by atoms with E-state index < -0.39 is 0 Å². The SMILES string of the molecule is CNC(c1ccc2c(c1)CCO2)c1sccc1OC. The van der Waals surface area contributed by atoms with Gasteiger partial charge < -0.3 is 14.8 Å². The standard InChI is InChI=1S/C15H17NO2S/c1-16-14(15-13(17-2)6-8-19-15)11-3-4-12-10(9-11)5-7-18-12/h3-4,6,8-9,14,16H,5,7H2,1-2H3. The van der Waals surface area contributed by atoms with E-state index in [4.69, 9.17) is 9.47 Å². The maximum atomic E-state index is 5.56. The van der Waals surface area contributed by atoms with Crippen LogP contribution in [-0.4, -0.2) is 20.8 Å². The molecule has 4 heteroatoms. The van der Waals surface area contributed by atoms with Gasteiger partial charge in [-0.15, -0.1) is 11.3 Å². The van der Waals surface area contributed by atoms with Gasteiger partial charge in [-0.05, 0) is 35.7 Å². The monoisotopic (exact) mass is 275 g/mol. The second-order valence-corrected chi connectivity index (χ2v) is 5.49. The minimum absolute atomic E-state index is 0.167. The molecule has 1 N–H and O–H groups in total. The van der Waals surface area contributed by atoms with Crippen LogP contribution in [0.25, 0.3) is 0 Å². The molecule has 1 atom stereocenters. The summed E-state index contributed by atoms with van der Waals surface area (Å²) in [5.41, 5.74) is 2.56. The summed E-state index contributed by atoms with van der Waals surface area (Å²) in [5, 5.41) is 5.44. The summed E-state index contributed by atoms with van der Waals surface area (Å²) < 4.78 is 11.0. The minimum Gasteiger partial charge on any atom is -0.496 e. The average Bonchev–Trinajstić information content (AvgIpc) is 3.07. The molecule has 0 amide bonds. The number of nitrogens with one attached hydrogen (secondary N) is 1. The fraction of sp³-hybridized carbons (Fsp3) is 0.333. The number of benzene rings is 1. The zero-order chi connectivity index (χ0) is 13.2. The molecule has 1 aliphatic heterocycles. The Morgan fingerprint density at radius 1 is 1.37 bits per heavy atom. The van der Waals surface area contributed by atoms with Crippen molar-refractivity contribution in [2.75, 3.05) is 20.8 Å². The van der Waals surface area contributed by atoms with Gasteiger partial charge in [-0.3, -0.25) is 0 Å². The summed E-state index contributed by atoms with van der Waals surface area (Å²) in [6.45, 7) is 0.797. The lowest BCUT2D eigenvalue weighted by Gasteiger charge is -2.17. The van der Waals surface area contributed by atoms with Gasteiger partial charge in [0.2, 0.25) is 0 Å². The van der Waals surface area contributed by atoms with Crippen molar-refractivity contribution in [3.05, 3.63) is 45.6 Å². The van der Waals surface area contributed by atoms with Crippen molar-refractivity contribution >= 4 is 11.3 Å². The zero-order valence-electron chi connectivity index (χ0n) is 11.1. The molecule has 100 valence electrons. The Kier molecular flexibility index (Phi) is 3.44. The van der Waals surface area contributed by atoms with Gasteiger partial charge in [0.15, 0.2) is 0 Å². The van der Waals surface area contributed by atoms with Crippen LogP contribution < -0.4 is 14.8 Å². The van der Waals surface area contributed by atoms with E-state index in [1.807, 2.05) is 13.1 Å². The molecule has 0 fully saturated rings. The first-order valence-corrected chi connectivity index (χ1v) is 7.25. The van der Waals surface area contributed by atoms with Crippen molar-refractivity contribution in [2.45, 2.75) is 12.5 Å². The first kappa shape index (κ1) is 12.5. The molecule has 0 saturated heterocycles. The van der Waals surface area contributed by atoms with Crippen LogP contribution in [0.15, 0.2) is 29.6 Å². The van der Waals surface area contributed by atoms with Crippen LogP contribution in [0.2, 0.25) is 0 Å². The number of fused-ring (bicyclic) bond motifs is 1. The van der Waals surface area contributed by atoms with Gasteiger partial charge in [0, 0.05) is 6.42 Å². The molecule has 2 heterocycles. The van der Waals surface area contributed by atoms with Crippen LogP contribution in [0.3, 0.4) is 0 Å². The molecule has 2 aromatic rings. The fourth-order valence-electron chi connectivity index (χ4n) is 2.52. The number of rotatable bonds is 4. The average molecular weight is 275 g/mol. The lowest BCUT2D eigenvalue weighted by Crippen LogP contribution is -2.17. The van der Waals surface area contributed by atoms with E-state index >= 15 is 0 Å².